The highest BCUT2D eigenvalue weighted by Gasteiger charge is 2.39. The van der Waals surface area contributed by atoms with Gasteiger partial charge >= 0.3 is 11.7 Å². The van der Waals surface area contributed by atoms with Gasteiger partial charge in [-0.25, -0.2) is 9.59 Å². The van der Waals surface area contributed by atoms with E-state index >= 15 is 0 Å². The third-order valence-corrected chi connectivity index (χ3v) is 7.08. The molecule has 2 aromatic carbocycles. The normalized spacial score (nSPS) is 19.2. The molecule has 0 unspecified atom stereocenters. The number of carbonyl (C=O) groups excluding carboxylic acids is 1. The smallest absolute Gasteiger partial charge is 0.419 e. The van der Waals surface area contributed by atoms with E-state index < -0.39 is 27.8 Å². The number of amidine groups is 1. The summed E-state index contributed by atoms with van der Waals surface area (Å²) >= 11 is 0. The van der Waals surface area contributed by atoms with E-state index in [-0.39, 0.29) is 11.5 Å². The Morgan fingerprint density at radius 1 is 1.16 bits per heavy atom. The highest BCUT2D eigenvalue weighted by molar-refractivity contribution is 7.90. The average molecular weight is 455 g/mol. The molecule has 0 amide bonds. The van der Waals surface area contributed by atoms with E-state index in [2.05, 4.69) is 4.40 Å². The molecule has 32 heavy (non-hydrogen) atoms. The fourth-order valence-electron chi connectivity index (χ4n) is 4.28. The van der Waals surface area contributed by atoms with Gasteiger partial charge in [0.05, 0.1) is 12.1 Å². The zero-order chi connectivity index (χ0) is 22.3. The highest BCUT2D eigenvalue weighted by atomic mass is 32.2. The van der Waals surface area contributed by atoms with Gasteiger partial charge in [-0.05, 0) is 43.5 Å². The number of hydrogen-bond donors (Lipinski definition) is 0. The number of likely N-dealkylation sites (tertiary alicyclic amines) is 1. The Labute approximate surface area is 184 Å². The lowest BCUT2D eigenvalue weighted by Gasteiger charge is -2.25. The van der Waals surface area contributed by atoms with E-state index in [4.69, 9.17) is 9.15 Å². The number of rotatable bonds is 5. The number of esters is 1. The number of sulfonamides is 1. The molecule has 5 rings (SSSR count). The van der Waals surface area contributed by atoms with Crippen LogP contribution in [0.2, 0.25) is 0 Å². The lowest BCUT2D eigenvalue weighted by molar-refractivity contribution is -0.147. The summed E-state index contributed by atoms with van der Waals surface area (Å²) < 4.78 is 40.9. The largest absolute Gasteiger partial charge is 0.464 e. The fourth-order valence-corrected chi connectivity index (χ4v) is 5.50. The summed E-state index contributed by atoms with van der Waals surface area (Å²) in [6.45, 7) is 1.02. The summed E-state index contributed by atoms with van der Waals surface area (Å²) in [7, 11) is -3.76. The first-order chi connectivity index (χ1) is 15.5. The quantitative estimate of drug-likeness (QED) is 0.428. The number of aryl methyl sites for hydroxylation is 1. The second-order valence-corrected chi connectivity index (χ2v) is 9.32. The lowest BCUT2D eigenvalue weighted by atomic mass is 10.1. The van der Waals surface area contributed by atoms with Crippen molar-refractivity contribution in [2.75, 3.05) is 13.2 Å². The van der Waals surface area contributed by atoms with Gasteiger partial charge in [0, 0.05) is 18.7 Å². The topological polar surface area (TPSA) is 111 Å². The number of hydrogen-bond acceptors (Lipinski definition) is 7. The Bertz CT molecular complexity index is 1390. The van der Waals surface area contributed by atoms with Gasteiger partial charge in [0.2, 0.25) is 0 Å². The van der Waals surface area contributed by atoms with Crippen LogP contribution in [0.3, 0.4) is 0 Å². The van der Waals surface area contributed by atoms with E-state index in [1.54, 1.807) is 41.3 Å². The first-order valence-corrected chi connectivity index (χ1v) is 11.9. The van der Waals surface area contributed by atoms with Crippen LogP contribution in [0.25, 0.3) is 11.1 Å². The highest BCUT2D eigenvalue weighted by Crippen LogP contribution is 2.31. The van der Waals surface area contributed by atoms with Crippen molar-refractivity contribution in [2.24, 2.45) is 4.40 Å². The van der Waals surface area contributed by atoms with Crippen LogP contribution in [0.1, 0.15) is 24.8 Å². The second kappa shape index (κ2) is 7.94. The third kappa shape index (κ3) is 3.50. The summed E-state index contributed by atoms with van der Waals surface area (Å²) in [5.41, 5.74) is 1.73. The number of para-hydroxylation sites is 2. The molecule has 2 aliphatic heterocycles. The van der Waals surface area contributed by atoms with Crippen molar-refractivity contribution < 1.29 is 22.4 Å². The van der Waals surface area contributed by atoms with Crippen LogP contribution in [0.15, 0.2) is 67.0 Å². The number of ether oxygens (including phenoxy) is 1. The van der Waals surface area contributed by atoms with Crippen LogP contribution < -0.4 is 5.76 Å². The van der Waals surface area contributed by atoms with Gasteiger partial charge in [0.15, 0.2) is 11.4 Å². The van der Waals surface area contributed by atoms with Crippen LogP contribution in [-0.4, -0.2) is 48.9 Å². The Morgan fingerprint density at radius 2 is 1.94 bits per heavy atom. The summed E-state index contributed by atoms with van der Waals surface area (Å²) in [5.74, 6) is -0.563. The van der Waals surface area contributed by atoms with Crippen molar-refractivity contribution in [1.29, 1.82) is 0 Å². The minimum absolute atomic E-state index is 0.135. The van der Waals surface area contributed by atoms with Gasteiger partial charge in [-0.3, -0.25) is 4.57 Å². The standard InChI is InChI=1S/C22H21N3O6S/c26-21(30-14-6-13-25-16-8-2-3-10-18(16)31-22(25)27)17-9-5-12-24(17)20-15-7-1-4-11-19(15)32(28,29)23-20/h1-4,7-8,10-11,17H,5-6,9,12-14H2/t17-/m0/s1. The van der Waals surface area contributed by atoms with Gasteiger partial charge in [-0.15, -0.1) is 4.40 Å². The molecule has 3 aromatic rings. The van der Waals surface area contributed by atoms with E-state index in [0.29, 0.717) is 48.4 Å². The SMILES string of the molecule is O=C(OCCCn1c(=O)oc2ccccc21)[C@@H]1CCCN1C1=NS(=O)(=O)c2ccccc21. The Hall–Kier alpha value is -3.40. The number of benzene rings is 2. The first kappa shape index (κ1) is 20.5. The second-order valence-electron chi connectivity index (χ2n) is 7.75. The van der Waals surface area contributed by atoms with Crippen molar-refractivity contribution in [3.05, 3.63) is 64.6 Å². The molecule has 0 radical (unpaired) electrons. The minimum Gasteiger partial charge on any atom is -0.464 e. The average Bonchev–Trinajstić information content (AvgIpc) is 3.46. The van der Waals surface area contributed by atoms with Crippen LogP contribution in [-0.2, 0) is 26.1 Å². The molecule has 9 nitrogen and oxygen atoms in total. The number of oxazole rings is 1. The number of aromatic nitrogens is 1. The predicted molar refractivity (Wildman–Crippen MR) is 116 cm³/mol. The zero-order valence-corrected chi connectivity index (χ0v) is 18.0. The summed E-state index contributed by atoms with van der Waals surface area (Å²) in [6.07, 6.45) is 1.74. The van der Waals surface area contributed by atoms with E-state index in [0.717, 1.165) is 6.42 Å². The molecule has 1 aromatic heterocycles. The molecule has 3 heterocycles. The van der Waals surface area contributed by atoms with Crippen LogP contribution in [0.5, 0.6) is 0 Å². The van der Waals surface area contributed by atoms with Crippen molar-refractivity contribution >= 4 is 32.9 Å². The van der Waals surface area contributed by atoms with E-state index in [9.17, 15) is 18.0 Å². The Morgan fingerprint density at radius 3 is 2.81 bits per heavy atom. The maximum absolute atomic E-state index is 12.8. The van der Waals surface area contributed by atoms with Crippen LogP contribution in [0, 0.1) is 0 Å². The molecule has 2 aliphatic rings. The zero-order valence-electron chi connectivity index (χ0n) is 17.1. The van der Waals surface area contributed by atoms with E-state index in [1.807, 2.05) is 6.07 Å². The third-order valence-electron chi connectivity index (χ3n) is 5.75. The Balaban J connectivity index is 1.24. The molecular weight excluding hydrogens is 434 g/mol. The number of carbonyl (C=O) groups is 1. The van der Waals surface area contributed by atoms with Crippen LogP contribution >= 0.6 is 0 Å². The molecule has 0 bridgehead atoms. The van der Waals surface area contributed by atoms with Gasteiger partial charge < -0.3 is 14.1 Å². The van der Waals surface area contributed by atoms with Crippen molar-refractivity contribution in [3.8, 4) is 0 Å². The van der Waals surface area contributed by atoms with Gasteiger partial charge in [-0.1, -0.05) is 24.3 Å². The first-order valence-electron chi connectivity index (χ1n) is 10.4. The monoisotopic (exact) mass is 455 g/mol. The predicted octanol–water partition coefficient (Wildman–Crippen LogP) is 2.14. The Kier molecular flexibility index (Phi) is 5.09. The minimum atomic E-state index is -3.76. The molecule has 10 heteroatoms. The summed E-state index contributed by atoms with van der Waals surface area (Å²) in [6, 6.07) is 13.2. The molecule has 1 fully saturated rings. The van der Waals surface area contributed by atoms with Gasteiger partial charge in [0.25, 0.3) is 10.0 Å². The number of nitrogens with zero attached hydrogens (tertiary/aromatic N) is 3. The fraction of sp³-hybridized carbons (Fsp3) is 0.318. The van der Waals surface area contributed by atoms with Crippen LogP contribution in [0.4, 0.5) is 0 Å². The van der Waals surface area contributed by atoms with Gasteiger partial charge in [0.1, 0.15) is 10.9 Å². The molecule has 1 atom stereocenters. The maximum atomic E-state index is 12.8. The maximum Gasteiger partial charge on any atom is 0.419 e. The molecule has 0 saturated carbocycles. The molecule has 1 saturated heterocycles. The molecule has 0 spiro atoms. The van der Waals surface area contributed by atoms with E-state index in [1.165, 1.54) is 10.6 Å². The lowest BCUT2D eigenvalue weighted by Crippen LogP contribution is -2.41. The molecule has 0 aliphatic carbocycles. The van der Waals surface area contributed by atoms with Crippen molar-refractivity contribution in [2.45, 2.75) is 36.7 Å². The molecule has 166 valence electrons. The number of fused-ring (bicyclic) bond motifs is 2. The summed E-state index contributed by atoms with van der Waals surface area (Å²) in [5, 5.41) is 0. The summed E-state index contributed by atoms with van der Waals surface area (Å²) in [4.78, 5) is 26.7. The van der Waals surface area contributed by atoms with Crippen molar-refractivity contribution in [1.82, 2.24) is 9.47 Å². The molecular formula is C22H21N3O6S. The molecule has 0 N–H and O–H groups in total. The van der Waals surface area contributed by atoms with Gasteiger partial charge in [-0.2, -0.15) is 8.42 Å². The van der Waals surface area contributed by atoms with Crippen molar-refractivity contribution in [3.63, 3.8) is 0 Å².